The minimum absolute atomic E-state index is 0.264. The topological polar surface area (TPSA) is 12.0 Å². The fourth-order valence-electron chi connectivity index (χ4n) is 4.83. The summed E-state index contributed by atoms with van der Waals surface area (Å²) < 4.78 is 0. The standard InChI is InChI=1S/C16H31N/c1-7-12-9-8-10-16(12)13(15(16,5)6)11-17-14(2,3)4/h12-13,17H,7-11H2,1-6H3. The van der Waals surface area contributed by atoms with Crippen molar-refractivity contribution >= 4 is 0 Å². The first-order valence-corrected chi connectivity index (χ1v) is 7.50. The highest BCUT2D eigenvalue weighted by Crippen LogP contribution is 2.77. The van der Waals surface area contributed by atoms with Crippen molar-refractivity contribution in [3.8, 4) is 0 Å². The molecular weight excluding hydrogens is 206 g/mol. The summed E-state index contributed by atoms with van der Waals surface area (Å²) in [7, 11) is 0. The number of hydrogen-bond acceptors (Lipinski definition) is 1. The molecule has 2 aliphatic carbocycles. The molecule has 2 aliphatic rings. The van der Waals surface area contributed by atoms with E-state index in [1.54, 1.807) is 0 Å². The van der Waals surface area contributed by atoms with E-state index in [-0.39, 0.29) is 5.54 Å². The molecule has 2 fully saturated rings. The minimum atomic E-state index is 0.264. The molecule has 0 aromatic rings. The van der Waals surface area contributed by atoms with Crippen molar-refractivity contribution in [1.29, 1.82) is 0 Å². The third kappa shape index (κ3) is 1.95. The second-order valence-electron chi connectivity index (χ2n) is 7.94. The third-order valence-corrected chi connectivity index (χ3v) is 5.81. The Morgan fingerprint density at radius 3 is 2.41 bits per heavy atom. The van der Waals surface area contributed by atoms with E-state index in [9.17, 15) is 0 Å². The monoisotopic (exact) mass is 237 g/mol. The molecule has 1 heteroatoms. The fraction of sp³-hybridized carbons (Fsp3) is 1.00. The highest BCUT2D eigenvalue weighted by molar-refractivity contribution is 5.21. The van der Waals surface area contributed by atoms with Crippen LogP contribution in [-0.2, 0) is 0 Å². The lowest BCUT2D eigenvalue weighted by Gasteiger charge is -2.24. The van der Waals surface area contributed by atoms with Gasteiger partial charge < -0.3 is 5.32 Å². The van der Waals surface area contributed by atoms with Gasteiger partial charge in [0.05, 0.1) is 0 Å². The zero-order chi connectivity index (χ0) is 12.9. The van der Waals surface area contributed by atoms with Crippen molar-refractivity contribution in [2.24, 2.45) is 22.7 Å². The van der Waals surface area contributed by atoms with Crippen molar-refractivity contribution in [2.75, 3.05) is 6.54 Å². The van der Waals surface area contributed by atoms with E-state index in [1.165, 1.54) is 32.2 Å². The molecule has 3 atom stereocenters. The molecule has 0 aromatic heterocycles. The Kier molecular flexibility index (Phi) is 3.14. The lowest BCUT2D eigenvalue weighted by molar-refractivity contribution is 0.269. The Hall–Kier alpha value is -0.0400. The zero-order valence-electron chi connectivity index (χ0n) is 12.7. The molecule has 100 valence electrons. The zero-order valence-corrected chi connectivity index (χ0v) is 12.7. The molecular formula is C16H31N. The van der Waals surface area contributed by atoms with Gasteiger partial charge in [0.15, 0.2) is 0 Å². The first-order chi connectivity index (χ1) is 7.75. The van der Waals surface area contributed by atoms with E-state index in [0.29, 0.717) is 10.8 Å². The summed E-state index contributed by atoms with van der Waals surface area (Å²) in [6.07, 6.45) is 5.81. The van der Waals surface area contributed by atoms with Gasteiger partial charge in [0.2, 0.25) is 0 Å². The van der Waals surface area contributed by atoms with Crippen molar-refractivity contribution in [3.05, 3.63) is 0 Å². The summed E-state index contributed by atoms with van der Waals surface area (Å²) >= 11 is 0. The average Bonchev–Trinajstić information content (AvgIpc) is 2.57. The van der Waals surface area contributed by atoms with Gasteiger partial charge in [-0.2, -0.15) is 0 Å². The molecule has 1 N–H and O–H groups in total. The molecule has 0 radical (unpaired) electrons. The Morgan fingerprint density at radius 1 is 1.24 bits per heavy atom. The van der Waals surface area contributed by atoms with E-state index in [4.69, 9.17) is 0 Å². The number of rotatable bonds is 3. The molecule has 0 amide bonds. The molecule has 0 aliphatic heterocycles. The Morgan fingerprint density at radius 2 is 1.88 bits per heavy atom. The quantitative estimate of drug-likeness (QED) is 0.774. The van der Waals surface area contributed by atoms with Gasteiger partial charge in [0.25, 0.3) is 0 Å². The van der Waals surface area contributed by atoms with Crippen LogP contribution >= 0.6 is 0 Å². The minimum Gasteiger partial charge on any atom is -0.312 e. The first-order valence-electron chi connectivity index (χ1n) is 7.50. The summed E-state index contributed by atoms with van der Waals surface area (Å²) in [5, 5.41) is 3.74. The van der Waals surface area contributed by atoms with Crippen LogP contribution in [0.15, 0.2) is 0 Å². The summed E-state index contributed by atoms with van der Waals surface area (Å²) in [5.74, 6) is 1.89. The smallest absolute Gasteiger partial charge is 0.00966 e. The van der Waals surface area contributed by atoms with Gasteiger partial charge in [-0.05, 0) is 62.8 Å². The fourth-order valence-corrected chi connectivity index (χ4v) is 4.83. The van der Waals surface area contributed by atoms with Crippen molar-refractivity contribution < 1.29 is 0 Å². The summed E-state index contributed by atoms with van der Waals surface area (Å²) in [4.78, 5) is 0. The van der Waals surface area contributed by atoms with Gasteiger partial charge in [-0.15, -0.1) is 0 Å². The number of nitrogens with one attached hydrogen (secondary N) is 1. The van der Waals surface area contributed by atoms with Gasteiger partial charge in [-0.1, -0.05) is 33.6 Å². The Bertz CT molecular complexity index is 286. The third-order valence-electron chi connectivity index (χ3n) is 5.81. The molecule has 3 unspecified atom stereocenters. The Labute approximate surface area is 108 Å². The second-order valence-corrected chi connectivity index (χ2v) is 7.94. The van der Waals surface area contributed by atoms with Gasteiger partial charge in [0, 0.05) is 5.54 Å². The van der Waals surface area contributed by atoms with Gasteiger partial charge in [-0.3, -0.25) is 0 Å². The largest absolute Gasteiger partial charge is 0.312 e. The predicted molar refractivity (Wildman–Crippen MR) is 75.1 cm³/mol. The maximum absolute atomic E-state index is 3.74. The molecule has 0 bridgehead atoms. The van der Waals surface area contributed by atoms with Crippen LogP contribution in [0.1, 0.15) is 67.2 Å². The van der Waals surface area contributed by atoms with E-state index in [1.807, 2.05) is 0 Å². The summed E-state index contributed by atoms with van der Waals surface area (Å²) in [6.45, 7) is 15.5. The van der Waals surface area contributed by atoms with Crippen LogP contribution in [0.2, 0.25) is 0 Å². The molecule has 0 heterocycles. The van der Waals surface area contributed by atoms with Gasteiger partial charge in [0.1, 0.15) is 0 Å². The molecule has 0 saturated heterocycles. The molecule has 1 nitrogen and oxygen atoms in total. The first kappa shape index (κ1) is 13.4. The van der Waals surface area contributed by atoms with E-state index < -0.39 is 0 Å². The SMILES string of the molecule is CCC1CCCC12C(CNC(C)(C)C)C2(C)C. The van der Waals surface area contributed by atoms with Crippen LogP contribution < -0.4 is 5.32 Å². The van der Waals surface area contributed by atoms with Crippen LogP contribution in [0.5, 0.6) is 0 Å². The number of hydrogen-bond donors (Lipinski definition) is 1. The van der Waals surface area contributed by atoms with Crippen LogP contribution in [0.4, 0.5) is 0 Å². The molecule has 1 spiro atoms. The van der Waals surface area contributed by atoms with Crippen LogP contribution in [0.25, 0.3) is 0 Å². The highest BCUT2D eigenvalue weighted by atomic mass is 15.0. The summed E-state index contributed by atoms with van der Waals surface area (Å²) in [6, 6.07) is 0. The maximum Gasteiger partial charge on any atom is 0.00966 e. The van der Waals surface area contributed by atoms with E-state index in [2.05, 4.69) is 46.9 Å². The van der Waals surface area contributed by atoms with Gasteiger partial charge >= 0.3 is 0 Å². The normalized spacial score (nSPS) is 39.9. The Balaban J connectivity index is 2.05. The molecule has 17 heavy (non-hydrogen) atoms. The van der Waals surface area contributed by atoms with Crippen LogP contribution in [-0.4, -0.2) is 12.1 Å². The van der Waals surface area contributed by atoms with E-state index in [0.717, 1.165) is 11.8 Å². The second kappa shape index (κ2) is 3.98. The van der Waals surface area contributed by atoms with Crippen molar-refractivity contribution in [2.45, 2.75) is 72.8 Å². The summed E-state index contributed by atoms with van der Waals surface area (Å²) in [5.41, 5.74) is 1.52. The highest BCUT2D eigenvalue weighted by Gasteiger charge is 2.73. The molecule has 2 rings (SSSR count). The average molecular weight is 237 g/mol. The lowest BCUT2D eigenvalue weighted by atomic mass is 9.83. The molecule has 0 aromatic carbocycles. The van der Waals surface area contributed by atoms with Crippen LogP contribution in [0, 0.1) is 22.7 Å². The van der Waals surface area contributed by atoms with E-state index >= 15 is 0 Å². The lowest BCUT2D eigenvalue weighted by Crippen LogP contribution is -2.38. The van der Waals surface area contributed by atoms with Crippen LogP contribution in [0.3, 0.4) is 0 Å². The maximum atomic E-state index is 3.74. The predicted octanol–water partition coefficient (Wildman–Crippen LogP) is 4.23. The van der Waals surface area contributed by atoms with Crippen molar-refractivity contribution in [1.82, 2.24) is 5.32 Å². The van der Waals surface area contributed by atoms with Crippen molar-refractivity contribution in [3.63, 3.8) is 0 Å². The molecule has 2 saturated carbocycles. The van der Waals surface area contributed by atoms with Gasteiger partial charge in [-0.25, -0.2) is 0 Å².